The van der Waals surface area contributed by atoms with Crippen molar-refractivity contribution >= 4 is 5.97 Å². The molecule has 0 aliphatic carbocycles. The molecule has 2 aromatic carbocycles. The van der Waals surface area contributed by atoms with Crippen LogP contribution in [0.5, 0.6) is 23.0 Å². The van der Waals surface area contributed by atoms with Crippen LogP contribution in [0.2, 0.25) is 0 Å². The van der Waals surface area contributed by atoms with Gasteiger partial charge in [-0.1, -0.05) is 12.1 Å². The molecule has 1 heterocycles. The van der Waals surface area contributed by atoms with E-state index in [1.807, 2.05) is 31.2 Å². The lowest BCUT2D eigenvalue weighted by Crippen LogP contribution is -2.20. The summed E-state index contributed by atoms with van der Waals surface area (Å²) in [7, 11) is 3.21. The second-order valence-corrected chi connectivity index (χ2v) is 6.83. The third-order valence-corrected chi connectivity index (χ3v) is 5.04. The van der Waals surface area contributed by atoms with E-state index in [1.165, 1.54) is 0 Å². The Hall–Kier alpha value is -2.89. The number of esters is 1. The van der Waals surface area contributed by atoms with Gasteiger partial charge in [-0.15, -0.1) is 0 Å². The molecule has 1 saturated heterocycles. The smallest absolute Gasteiger partial charge is 0.309 e. The first-order chi connectivity index (χ1) is 13.5. The highest BCUT2D eigenvalue weighted by atomic mass is 16.5. The van der Waals surface area contributed by atoms with Crippen LogP contribution in [0.1, 0.15) is 18.1 Å². The molecule has 150 valence electrons. The lowest BCUT2D eigenvalue weighted by Gasteiger charge is -2.17. The minimum Gasteiger partial charge on any atom is -0.504 e. The molecular formula is C22H26O6. The second kappa shape index (κ2) is 8.87. The zero-order valence-electron chi connectivity index (χ0n) is 16.4. The molecule has 1 N–H and O–H groups in total. The normalized spacial score (nSPS) is 18.6. The third-order valence-electron chi connectivity index (χ3n) is 5.04. The summed E-state index contributed by atoms with van der Waals surface area (Å²) in [6.45, 7) is 2.72. The van der Waals surface area contributed by atoms with E-state index in [0.717, 1.165) is 11.1 Å². The molecule has 2 atom stereocenters. The largest absolute Gasteiger partial charge is 0.504 e. The molecule has 0 amide bonds. The molecule has 0 spiro atoms. The van der Waals surface area contributed by atoms with Gasteiger partial charge in [0.25, 0.3) is 0 Å². The molecule has 3 rings (SSSR count). The molecule has 0 aromatic heterocycles. The van der Waals surface area contributed by atoms with Crippen molar-refractivity contribution in [2.24, 2.45) is 11.8 Å². The van der Waals surface area contributed by atoms with E-state index in [4.69, 9.17) is 18.9 Å². The molecular weight excluding hydrogens is 360 g/mol. The number of hydrogen-bond acceptors (Lipinski definition) is 6. The fraction of sp³-hybridized carbons (Fsp3) is 0.409. The number of rotatable bonds is 8. The molecule has 0 saturated carbocycles. The highest BCUT2D eigenvalue weighted by molar-refractivity contribution is 5.75. The van der Waals surface area contributed by atoms with Crippen molar-refractivity contribution in [2.45, 2.75) is 19.8 Å². The van der Waals surface area contributed by atoms with Gasteiger partial charge in [-0.3, -0.25) is 4.79 Å². The van der Waals surface area contributed by atoms with Crippen molar-refractivity contribution in [2.75, 3.05) is 27.4 Å². The molecule has 1 fully saturated rings. The van der Waals surface area contributed by atoms with Crippen LogP contribution in [0.25, 0.3) is 0 Å². The Bertz CT molecular complexity index is 832. The van der Waals surface area contributed by atoms with E-state index in [1.54, 1.807) is 26.4 Å². The Kier molecular flexibility index (Phi) is 6.29. The summed E-state index contributed by atoms with van der Waals surface area (Å²) in [5.74, 6) is 1.51. The van der Waals surface area contributed by atoms with Crippen molar-refractivity contribution < 1.29 is 28.8 Å². The van der Waals surface area contributed by atoms with E-state index in [2.05, 4.69) is 0 Å². The van der Waals surface area contributed by atoms with Crippen LogP contribution in [0.4, 0.5) is 0 Å². The third kappa shape index (κ3) is 4.32. The summed E-state index contributed by atoms with van der Waals surface area (Å²) in [5.41, 5.74) is 1.99. The number of ether oxygens (including phenoxy) is 4. The van der Waals surface area contributed by atoms with Gasteiger partial charge in [0.05, 0.1) is 33.4 Å². The number of carbonyl (C=O) groups is 1. The standard InChI is InChI=1S/C22H26O6/c1-4-27-20-11-15(5-7-18(20)23)10-17-16(13-28-22(17)24)9-14-6-8-19(25-2)21(12-14)26-3/h5-8,11-12,16-17,23H,4,9-10,13H2,1-3H3/t16-,17+/m0/s1. The minimum atomic E-state index is -0.243. The second-order valence-electron chi connectivity index (χ2n) is 6.83. The molecule has 0 bridgehead atoms. The number of benzene rings is 2. The van der Waals surface area contributed by atoms with Gasteiger partial charge in [0.1, 0.15) is 0 Å². The quantitative estimate of drug-likeness (QED) is 0.701. The van der Waals surface area contributed by atoms with Gasteiger partial charge >= 0.3 is 5.97 Å². The number of hydrogen-bond donors (Lipinski definition) is 1. The van der Waals surface area contributed by atoms with Crippen molar-refractivity contribution in [1.29, 1.82) is 0 Å². The lowest BCUT2D eigenvalue weighted by molar-refractivity contribution is -0.141. The maximum atomic E-state index is 12.3. The molecule has 6 heteroatoms. The van der Waals surface area contributed by atoms with Crippen LogP contribution in [0, 0.1) is 11.8 Å². The molecule has 1 aliphatic heterocycles. The first-order valence-electron chi connectivity index (χ1n) is 9.38. The number of phenolic OH excluding ortho intramolecular Hbond substituents is 1. The number of methoxy groups -OCH3 is 2. The Morgan fingerprint density at radius 1 is 1.00 bits per heavy atom. The van der Waals surface area contributed by atoms with Gasteiger partial charge in [0.15, 0.2) is 23.0 Å². The van der Waals surface area contributed by atoms with Gasteiger partial charge in [-0.2, -0.15) is 0 Å². The summed E-state index contributed by atoms with van der Waals surface area (Å²) >= 11 is 0. The fourth-order valence-electron chi connectivity index (χ4n) is 3.58. The van der Waals surface area contributed by atoms with Crippen LogP contribution in [0.3, 0.4) is 0 Å². The number of phenols is 1. The number of carbonyl (C=O) groups excluding carboxylic acids is 1. The fourth-order valence-corrected chi connectivity index (χ4v) is 3.58. The topological polar surface area (TPSA) is 74.2 Å². The maximum Gasteiger partial charge on any atom is 0.309 e. The average molecular weight is 386 g/mol. The average Bonchev–Trinajstić information content (AvgIpc) is 3.04. The number of aromatic hydroxyl groups is 1. The summed E-state index contributed by atoms with van der Waals surface area (Å²) in [6.07, 6.45) is 1.24. The maximum absolute atomic E-state index is 12.3. The van der Waals surface area contributed by atoms with E-state index < -0.39 is 0 Å². The van der Waals surface area contributed by atoms with Crippen LogP contribution in [-0.4, -0.2) is 38.5 Å². The Morgan fingerprint density at radius 2 is 1.68 bits per heavy atom. The summed E-state index contributed by atoms with van der Waals surface area (Å²) in [4.78, 5) is 12.3. The first kappa shape index (κ1) is 19.9. The summed E-state index contributed by atoms with van der Waals surface area (Å²) in [5, 5.41) is 9.88. The van der Waals surface area contributed by atoms with Gasteiger partial charge in [-0.25, -0.2) is 0 Å². The van der Waals surface area contributed by atoms with E-state index in [9.17, 15) is 9.90 Å². The van der Waals surface area contributed by atoms with Crippen LogP contribution in [-0.2, 0) is 22.4 Å². The SMILES string of the molecule is CCOc1cc(C[C@H]2C(=O)OC[C@@H]2Cc2ccc(OC)c(OC)c2)ccc1O. The highest BCUT2D eigenvalue weighted by Gasteiger charge is 2.37. The molecule has 0 unspecified atom stereocenters. The van der Waals surface area contributed by atoms with Gasteiger partial charge in [0.2, 0.25) is 0 Å². The van der Waals surface area contributed by atoms with E-state index >= 15 is 0 Å². The molecule has 6 nitrogen and oxygen atoms in total. The zero-order valence-corrected chi connectivity index (χ0v) is 16.4. The van der Waals surface area contributed by atoms with Crippen molar-refractivity contribution in [3.05, 3.63) is 47.5 Å². The zero-order chi connectivity index (χ0) is 20.1. The van der Waals surface area contributed by atoms with Gasteiger partial charge < -0.3 is 24.1 Å². The molecule has 0 radical (unpaired) electrons. The molecule has 28 heavy (non-hydrogen) atoms. The van der Waals surface area contributed by atoms with Crippen LogP contribution in [0.15, 0.2) is 36.4 Å². The van der Waals surface area contributed by atoms with E-state index in [-0.39, 0.29) is 23.6 Å². The van der Waals surface area contributed by atoms with Gasteiger partial charge in [-0.05, 0) is 55.2 Å². The van der Waals surface area contributed by atoms with Crippen molar-refractivity contribution in [1.82, 2.24) is 0 Å². The van der Waals surface area contributed by atoms with E-state index in [0.29, 0.717) is 43.3 Å². The lowest BCUT2D eigenvalue weighted by atomic mass is 9.85. The van der Waals surface area contributed by atoms with Crippen molar-refractivity contribution in [3.63, 3.8) is 0 Å². The predicted molar refractivity (Wildman–Crippen MR) is 104 cm³/mol. The molecule has 2 aromatic rings. The monoisotopic (exact) mass is 386 g/mol. The van der Waals surface area contributed by atoms with Crippen LogP contribution < -0.4 is 14.2 Å². The summed E-state index contributed by atoms with van der Waals surface area (Å²) in [6, 6.07) is 11.0. The summed E-state index contributed by atoms with van der Waals surface area (Å²) < 4.78 is 21.5. The Morgan fingerprint density at radius 3 is 2.39 bits per heavy atom. The first-order valence-corrected chi connectivity index (χ1v) is 9.38. The van der Waals surface area contributed by atoms with Gasteiger partial charge in [0, 0.05) is 5.92 Å². The number of cyclic esters (lactones) is 1. The Labute approximate surface area is 165 Å². The van der Waals surface area contributed by atoms with Crippen molar-refractivity contribution in [3.8, 4) is 23.0 Å². The Balaban J connectivity index is 1.76. The molecule has 1 aliphatic rings. The minimum absolute atomic E-state index is 0.0648. The predicted octanol–water partition coefficient (Wildman–Crippen LogP) is 3.38. The van der Waals surface area contributed by atoms with Crippen LogP contribution >= 0.6 is 0 Å². The highest BCUT2D eigenvalue weighted by Crippen LogP contribution is 2.34.